The maximum absolute atomic E-state index is 12.7. The van der Waals surface area contributed by atoms with Crippen molar-refractivity contribution >= 4 is 5.91 Å². The number of benzene rings is 1. The summed E-state index contributed by atoms with van der Waals surface area (Å²) in [6.45, 7) is 1.41. The molecular weight excluding hydrogens is 304 g/mol. The Balaban J connectivity index is 1.42. The van der Waals surface area contributed by atoms with Crippen molar-refractivity contribution in [2.45, 2.75) is 43.9 Å². The van der Waals surface area contributed by atoms with Crippen LogP contribution in [0.1, 0.15) is 54.5 Å². The molecule has 0 spiro atoms. The van der Waals surface area contributed by atoms with Crippen molar-refractivity contribution in [1.82, 2.24) is 20.1 Å². The third-order valence-electron chi connectivity index (χ3n) is 5.04. The van der Waals surface area contributed by atoms with Crippen LogP contribution >= 0.6 is 0 Å². The van der Waals surface area contributed by atoms with Crippen LogP contribution in [0.15, 0.2) is 29.1 Å². The summed E-state index contributed by atoms with van der Waals surface area (Å²) in [5.74, 6) is 1.63. The van der Waals surface area contributed by atoms with E-state index in [0.29, 0.717) is 24.7 Å². The minimum absolute atomic E-state index is 0.111. The highest BCUT2D eigenvalue weighted by molar-refractivity contribution is 5.79. The van der Waals surface area contributed by atoms with E-state index in [9.17, 15) is 9.59 Å². The Hall–Kier alpha value is -2.37. The molecule has 24 heavy (non-hydrogen) atoms. The molecule has 126 valence electrons. The molecule has 6 heteroatoms. The van der Waals surface area contributed by atoms with Crippen molar-refractivity contribution in [2.75, 3.05) is 13.1 Å². The molecule has 0 bridgehead atoms. The number of piperidine rings is 1. The highest BCUT2D eigenvalue weighted by Crippen LogP contribution is 2.40. The molecule has 1 aromatic heterocycles. The third-order valence-corrected chi connectivity index (χ3v) is 5.04. The van der Waals surface area contributed by atoms with Crippen molar-refractivity contribution in [3.63, 3.8) is 0 Å². The minimum Gasteiger partial charge on any atom is -0.342 e. The van der Waals surface area contributed by atoms with Crippen molar-refractivity contribution in [3.8, 4) is 0 Å². The van der Waals surface area contributed by atoms with E-state index >= 15 is 0 Å². The van der Waals surface area contributed by atoms with Gasteiger partial charge in [0.15, 0.2) is 0 Å². The lowest BCUT2D eigenvalue weighted by atomic mass is 9.96. The molecule has 0 radical (unpaired) electrons. The largest absolute Gasteiger partial charge is 0.342 e. The summed E-state index contributed by atoms with van der Waals surface area (Å²) < 4.78 is 0. The van der Waals surface area contributed by atoms with Gasteiger partial charge in [0.25, 0.3) is 0 Å². The fourth-order valence-corrected chi connectivity index (χ4v) is 3.56. The van der Waals surface area contributed by atoms with Crippen molar-refractivity contribution in [1.29, 1.82) is 0 Å². The van der Waals surface area contributed by atoms with E-state index in [1.165, 1.54) is 18.4 Å². The SMILES string of the molecule is O=C(Cc1cccc(C2CC2)c1)N1CCC[C@H](c2n[nH]c(=O)[nH]2)C1. The number of hydrogen-bond donors (Lipinski definition) is 2. The molecule has 1 aliphatic carbocycles. The molecule has 1 saturated heterocycles. The molecule has 1 aromatic carbocycles. The average molecular weight is 326 g/mol. The van der Waals surface area contributed by atoms with E-state index in [0.717, 1.165) is 24.9 Å². The predicted octanol–water partition coefficient (Wildman–Crippen LogP) is 1.92. The molecule has 0 unspecified atom stereocenters. The van der Waals surface area contributed by atoms with Gasteiger partial charge in [0.2, 0.25) is 5.91 Å². The van der Waals surface area contributed by atoms with Crippen LogP contribution in [-0.2, 0) is 11.2 Å². The van der Waals surface area contributed by atoms with Gasteiger partial charge >= 0.3 is 5.69 Å². The van der Waals surface area contributed by atoms with E-state index in [2.05, 4.69) is 33.4 Å². The zero-order valence-corrected chi connectivity index (χ0v) is 13.6. The van der Waals surface area contributed by atoms with Gasteiger partial charge < -0.3 is 4.90 Å². The second-order valence-corrected chi connectivity index (χ2v) is 6.94. The zero-order valence-electron chi connectivity index (χ0n) is 13.6. The van der Waals surface area contributed by atoms with Gasteiger partial charge in [-0.05, 0) is 42.7 Å². The first kappa shape index (κ1) is 15.2. The Kier molecular flexibility index (Phi) is 3.96. The number of aromatic nitrogens is 3. The number of H-pyrrole nitrogens is 2. The molecular formula is C18H22N4O2. The Morgan fingerprint density at radius 3 is 2.88 bits per heavy atom. The van der Waals surface area contributed by atoms with E-state index in [1.807, 2.05) is 11.0 Å². The number of aromatic amines is 2. The summed E-state index contributed by atoms with van der Waals surface area (Å²) in [6.07, 6.45) is 4.87. The first-order chi connectivity index (χ1) is 11.7. The molecule has 1 saturated carbocycles. The topological polar surface area (TPSA) is 81.8 Å². The lowest BCUT2D eigenvalue weighted by molar-refractivity contribution is -0.131. The van der Waals surface area contributed by atoms with Gasteiger partial charge in [-0.15, -0.1) is 0 Å². The molecule has 2 aliphatic rings. The van der Waals surface area contributed by atoms with E-state index in [-0.39, 0.29) is 17.5 Å². The summed E-state index contributed by atoms with van der Waals surface area (Å²) >= 11 is 0. The van der Waals surface area contributed by atoms with E-state index in [1.54, 1.807) is 0 Å². The van der Waals surface area contributed by atoms with E-state index < -0.39 is 0 Å². The number of nitrogens with zero attached hydrogens (tertiary/aromatic N) is 2. The maximum atomic E-state index is 12.7. The number of likely N-dealkylation sites (tertiary alicyclic amines) is 1. The van der Waals surface area contributed by atoms with Gasteiger partial charge in [-0.2, -0.15) is 5.10 Å². The molecule has 4 rings (SSSR count). The van der Waals surface area contributed by atoms with Crippen molar-refractivity contribution in [2.24, 2.45) is 0 Å². The molecule has 2 fully saturated rings. The lowest BCUT2D eigenvalue weighted by Gasteiger charge is -2.31. The maximum Gasteiger partial charge on any atom is 0.340 e. The van der Waals surface area contributed by atoms with Crippen LogP contribution in [0.2, 0.25) is 0 Å². The Bertz CT molecular complexity index is 790. The van der Waals surface area contributed by atoms with Crippen LogP contribution in [0, 0.1) is 0 Å². The first-order valence-corrected chi connectivity index (χ1v) is 8.70. The molecule has 1 atom stereocenters. The fourth-order valence-electron chi connectivity index (χ4n) is 3.56. The van der Waals surface area contributed by atoms with Crippen LogP contribution in [-0.4, -0.2) is 39.1 Å². The monoisotopic (exact) mass is 326 g/mol. The highest BCUT2D eigenvalue weighted by atomic mass is 16.2. The lowest BCUT2D eigenvalue weighted by Crippen LogP contribution is -2.40. The van der Waals surface area contributed by atoms with Crippen molar-refractivity contribution < 1.29 is 4.79 Å². The van der Waals surface area contributed by atoms with Gasteiger partial charge in [-0.1, -0.05) is 24.3 Å². The van der Waals surface area contributed by atoms with Gasteiger partial charge in [0.1, 0.15) is 5.82 Å². The fraction of sp³-hybridized carbons (Fsp3) is 0.500. The van der Waals surface area contributed by atoms with Crippen LogP contribution in [0.4, 0.5) is 0 Å². The number of amides is 1. The Labute approximate surface area is 140 Å². The summed E-state index contributed by atoms with van der Waals surface area (Å²) in [5, 5.41) is 6.43. The standard InChI is InChI=1S/C18H22N4O2/c23-16(10-12-3-1-4-14(9-12)13-6-7-13)22-8-2-5-15(11-22)17-19-18(24)21-20-17/h1,3-4,9,13,15H,2,5-8,10-11H2,(H2,19,20,21,24)/t15-/m0/s1. The van der Waals surface area contributed by atoms with Gasteiger partial charge in [-0.25, -0.2) is 9.89 Å². The molecule has 2 aromatic rings. The molecule has 6 nitrogen and oxygen atoms in total. The van der Waals surface area contributed by atoms with Crippen LogP contribution < -0.4 is 5.69 Å². The Morgan fingerprint density at radius 1 is 1.25 bits per heavy atom. The summed E-state index contributed by atoms with van der Waals surface area (Å²) in [7, 11) is 0. The van der Waals surface area contributed by atoms with E-state index in [4.69, 9.17) is 0 Å². The molecule has 1 amide bonds. The third kappa shape index (κ3) is 3.27. The van der Waals surface area contributed by atoms with Crippen LogP contribution in [0.5, 0.6) is 0 Å². The quantitative estimate of drug-likeness (QED) is 0.900. The first-order valence-electron chi connectivity index (χ1n) is 8.70. The molecule has 2 N–H and O–H groups in total. The summed E-state index contributed by atoms with van der Waals surface area (Å²) in [6, 6.07) is 8.44. The number of nitrogens with one attached hydrogen (secondary N) is 2. The molecule has 1 aliphatic heterocycles. The Morgan fingerprint density at radius 2 is 2.12 bits per heavy atom. The number of carbonyl (C=O) groups excluding carboxylic acids is 1. The van der Waals surface area contributed by atoms with Gasteiger partial charge in [0.05, 0.1) is 6.42 Å². The van der Waals surface area contributed by atoms with Gasteiger partial charge in [-0.3, -0.25) is 9.78 Å². The number of hydrogen-bond acceptors (Lipinski definition) is 3. The smallest absolute Gasteiger partial charge is 0.340 e. The second kappa shape index (κ2) is 6.26. The zero-order chi connectivity index (χ0) is 16.5. The second-order valence-electron chi connectivity index (χ2n) is 6.94. The predicted molar refractivity (Wildman–Crippen MR) is 89.9 cm³/mol. The number of carbonyl (C=O) groups is 1. The number of rotatable bonds is 4. The minimum atomic E-state index is -0.287. The van der Waals surface area contributed by atoms with Crippen LogP contribution in [0.25, 0.3) is 0 Å². The summed E-state index contributed by atoms with van der Waals surface area (Å²) in [4.78, 5) is 28.5. The van der Waals surface area contributed by atoms with Crippen LogP contribution in [0.3, 0.4) is 0 Å². The normalized spacial score (nSPS) is 21.0. The summed E-state index contributed by atoms with van der Waals surface area (Å²) in [5.41, 5.74) is 2.18. The molecule has 2 heterocycles. The van der Waals surface area contributed by atoms with Crippen molar-refractivity contribution in [3.05, 3.63) is 51.7 Å². The van der Waals surface area contributed by atoms with Gasteiger partial charge in [0, 0.05) is 19.0 Å². The highest BCUT2D eigenvalue weighted by Gasteiger charge is 2.27. The average Bonchev–Trinajstić information content (AvgIpc) is 3.36.